The monoisotopic (exact) mass is 517 g/mol. The van der Waals surface area contributed by atoms with Crippen LogP contribution in [0.5, 0.6) is 0 Å². The lowest BCUT2D eigenvalue weighted by Crippen LogP contribution is -2.41. The van der Waals surface area contributed by atoms with Crippen molar-refractivity contribution in [2.75, 3.05) is 66.0 Å². The van der Waals surface area contributed by atoms with Crippen LogP contribution in [0.2, 0.25) is 18.1 Å². The molecule has 8 nitrogen and oxygen atoms in total. The number of unbranched alkanes of at least 4 members (excludes halogenated alkanes) is 9. The van der Waals surface area contributed by atoms with E-state index in [-0.39, 0.29) is 5.04 Å². The van der Waals surface area contributed by atoms with E-state index in [1.807, 2.05) is 0 Å². The van der Waals surface area contributed by atoms with Crippen molar-refractivity contribution in [2.45, 2.75) is 103 Å². The molecule has 0 N–H and O–H groups in total. The molecule has 0 heterocycles. The van der Waals surface area contributed by atoms with Crippen molar-refractivity contribution in [3.8, 4) is 0 Å². The highest BCUT2D eigenvalue weighted by atomic mass is 28.4. The molecule has 9 heteroatoms. The Bertz CT molecular complexity index is 512. The molecule has 0 rings (SSSR count). The number of nitrogens with zero attached hydrogens (tertiary/aromatic N) is 3. The molecule has 0 saturated heterocycles. The van der Waals surface area contributed by atoms with E-state index in [1.54, 1.807) is 0 Å². The molecule has 0 spiro atoms. The lowest BCUT2D eigenvalue weighted by molar-refractivity contribution is -0.00530. The van der Waals surface area contributed by atoms with Gasteiger partial charge in [0.25, 0.3) is 0 Å². The van der Waals surface area contributed by atoms with Gasteiger partial charge in [0.15, 0.2) is 8.32 Å². The fourth-order valence-corrected chi connectivity index (χ4v) is 4.21. The van der Waals surface area contributed by atoms with Crippen molar-refractivity contribution in [3.63, 3.8) is 0 Å². The summed E-state index contributed by atoms with van der Waals surface area (Å²) in [5, 5.41) is 3.80. The average molecular weight is 518 g/mol. The van der Waals surface area contributed by atoms with Crippen LogP contribution in [0.25, 0.3) is 10.4 Å². The molecule has 0 aromatic carbocycles. The summed E-state index contributed by atoms with van der Waals surface area (Å²) in [7, 11) is -1.67. The Morgan fingerprint density at radius 1 is 0.571 bits per heavy atom. The molecular weight excluding hydrogens is 462 g/mol. The van der Waals surface area contributed by atoms with Gasteiger partial charge in [-0.1, -0.05) is 77.3 Å². The first-order valence-electron chi connectivity index (χ1n) is 13.8. The SMILES string of the molecule is CC(C)(C)[Si](C)(C)OCCOCCOCCOCCOCCCCCCCCCCCCN=[N+]=[N-]. The summed E-state index contributed by atoms with van der Waals surface area (Å²) >= 11 is 0. The van der Waals surface area contributed by atoms with Gasteiger partial charge < -0.3 is 23.4 Å². The van der Waals surface area contributed by atoms with Crippen molar-refractivity contribution in [1.29, 1.82) is 0 Å². The molecule has 0 atom stereocenters. The first kappa shape index (κ1) is 34.3. The molecule has 0 radical (unpaired) electrons. The van der Waals surface area contributed by atoms with Gasteiger partial charge in [-0.15, -0.1) is 0 Å². The summed E-state index contributed by atoms with van der Waals surface area (Å²) in [5.41, 5.74) is 8.21. The van der Waals surface area contributed by atoms with Gasteiger partial charge >= 0.3 is 0 Å². The van der Waals surface area contributed by atoms with Crippen LogP contribution in [0.4, 0.5) is 0 Å². The smallest absolute Gasteiger partial charge is 0.192 e. The van der Waals surface area contributed by atoms with Gasteiger partial charge in [0.1, 0.15) is 0 Å². The summed E-state index contributed by atoms with van der Waals surface area (Å²) < 4.78 is 28.4. The van der Waals surface area contributed by atoms with Gasteiger partial charge in [-0.25, -0.2) is 0 Å². The summed E-state index contributed by atoms with van der Waals surface area (Å²) in [6, 6.07) is 0. The molecule has 0 aromatic rings. The van der Waals surface area contributed by atoms with E-state index >= 15 is 0 Å². The summed E-state index contributed by atoms with van der Waals surface area (Å²) in [6.07, 6.45) is 12.4. The highest BCUT2D eigenvalue weighted by Gasteiger charge is 2.36. The van der Waals surface area contributed by atoms with Crippen LogP contribution >= 0.6 is 0 Å². The molecule has 0 bridgehead atoms. The molecular formula is C26H55N3O5Si. The second-order valence-corrected chi connectivity index (χ2v) is 15.4. The van der Waals surface area contributed by atoms with Gasteiger partial charge in [0.2, 0.25) is 0 Å². The van der Waals surface area contributed by atoms with Gasteiger partial charge in [-0.05, 0) is 36.5 Å². The summed E-state index contributed by atoms with van der Waals surface area (Å²) in [5.74, 6) is 0. The van der Waals surface area contributed by atoms with Crippen molar-refractivity contribution < 1.29 is 23.4 Å². The Morgan fingerprint density at radius 2 is 0.943 bits per heavy atom. The Hall–Kier alpha value is -0.673. The lowest BCUT2D eigenvalue weighted by Gasteiger charge is -2.36. The van der Waals surface area contributed by atoms with E-state index in [4.69, 9.17) is 28.9 Å². The molecule has 0 aliphatic heterocycles. The number of hydrogen-bond acceptors (Lipinski definition) is 6. The van der Waals surface area contributed by atoms with Crippen LogP contribution in [0.1, 0.15) is 85.0 Å². The van der Waals surface area contributed by atoms with Crippen LogP contribution in [0.15, 0.2) is 5.11 Å². The van der Waals surface area contributed by atoms with Gasteiger partial charge in [-0.3, -0.25) is 0 Å². The van der Waals surface area contributed by atoms with Crippen molar-refractivity contribution >= 4 is 8.32 Å². The minimum atomic E-state index is -1.67. The third kappa shape index (κ3) is 23.5. The maximum atomic E-state index is 8.21. The van der Waals surface area contributed by atoms with Crippen LogP contribution in [0, 0.1) is 0 Å². The van der Waals surface area contributed by atoms with E-state index in [1.165, 1.54) is 51.4 Å². The Morgan fingerprint density at radius 3 is 1.37 bits per heavy atom. The van der Waals surface area contributed by atoms with Crippen LogP contribution in [0.3, 0.4) is 0 Å². The quantitative estimate of drug-likeness (QED) is 0.0395. The first-order valence-corrected chi connectivity index (χ1v) is 16.7. The predicted molar refractivity (Wildman–Crippen MR) is 147 cm³/mol. The largest absolute Gasteiger partial charge is 0.414 e. The number of rotatable bonds is 26. The van der Waals surface area contributed by atoms with E-state index in [0.717, 1.165) is 19.4 Å². The summed E-state index contributed by atoms with van der Waals surface area (Å²) in [4.78, 5) is 2.77. The number of ether oxygens (including phenoxy) is 4. The first-order chi connectivity index (χ1) is 16.8. The molecule has 0 amide bonds. The van der Waals surface area contributed by atoms with E-state index < -0.39 is 8.32 Å². The molecule has 0 saturated carbocycles. The summed E-state index contributed by atoms with van der Waals surface area (Å²) in [6.45, 7) is 17.6. The van der Waals surface area contributed by atoms with Crippen LogP contribution in [-0.4, -0.2) is 74.3 Å². The minimum absolute atomic E-state index is 0.235. The average Bonchev–Trinajstić information content (AvgIpc) is 2.80. The Kier molecular flexibility index (Phi) is 23.3. The van der Waals surface area contributed by atoms with Crippen molar-refractivity contribution in [1.82, 2.24) is 0 Å². The molecule has 0 fully saturated rings. The van der Waals surface area contributed by atoms with E-state index in [0.29, 0.717) is 59.4 Å². The standard InChI is InChI=1S/C26H55N3O5Si/c1-26(2,3)35(4,5)34-25-24-33-23-22-32-21-20-31-19-18-30-17-15-13-11-9-7-6-8-10-12-14-16-28-29-27/h6-25H2,1-5H3. The molecule has 0 aliphatic carbocycles. The van der Waals surface area contributed by atoms with Gasteiger partial charge in [-0.2, -0.15) is 0 Å². The normalized spacial score (nSPS) is 12.1. The lowest BCUT2D eigenvalue weighted by atomic mass is 10.1. The number of azide groups is 1. The fraction of sp³-hybridized carbons (Fsp3) is 1.00. The van der Waals surface area contributed by atoms with Crippen LogP contribution in [-0.2, 0) is 23.4 Å². The fourth-order valence-electron chi connectivity index (χ4n) is 3.18. The van der Waals surface area contributed by atoms with Gasteiger partial charge in [0, 0.05) is 18.1 Å². The van der Waals surface area contributed by atoms with E-state index in [9.17, 15) is 0 Å². The van der Waals surface area contributed by atoms with Crippen LogP contribution < -0.4 is 0 Å². The topological polar surface area (TPSA) is 94.9 Å². The molecule has 35 heavy (non-hydrogen) atoms. The maximum absolute atomic E-state index is 8.21. The van der Waals surface area contributed by atoms with E-state index in [2.05, 4.69) is 43.9 Å². The third-order valence-electron chi connectivity index (χ3n) is 6.47. The molecule has 208 valence electrons. The third-order valence-corrected chi connectivity index (χ3v) is 11.0. The molecule has 0 aromatic heterocycles. The second-order valence-electron chi connectivity index (χ2n) is 10.5. The molecule has 0 aliphatic rings. The maximum Gasteiger partial charge on any atom is 0.192 e. The Labute approximate surface area is 216 Å². The van der Waals surface area contributed by atoms with Gasteiger partial charge in [0.05, 0.1) is 52.9 Å². The highest BCUT2D eigenvalue weighted by molar-refractivity contribution is 6.74. The second kappa shape index (κ2) is 23.7. The minimum Gasteiger partial charge on any atom is -0.414 e. The predicted octanol–water partition coefficient (Wildman–Crippen LogP) is 7.29. The molecule has 0 unspecified atom stereocenters. The zero-order valence-corrected chi connectivity index (χ0v) is 24.5. The highest BCUT2D eigenvalue weighted by Crippen LogP contribution is 2.36. The zero-order valence-electron chi connectivity index (χ0n) is 23.5. The zero-order chi connectivity index (χ0) is 26.1. The van der Waals surface area contributed by atoms with Crippen molar-refractivity contribution in [3.05, 3.63) is 10.4 Å². The van der Waals surface area contributed by atoms with Crippen molar-refractivity contribution in [2.24, 2.45) is 5.11 Å². The number of hydrogen-bond donors (Lipinski definition) is 0. The Balaban J connectivity index is 3.16.